The molecule has 0 radical (unpaired) electrons. The number of para-hydroxylation sites is 1. The Morgan fingerprint density at radius 1 is 1.03 bits per heavy atom. The Bertz CT molecular complexity index is 914. The number of carbonyl (C=O) groups excluding carboxylic acids is 1. The predicted molar refractivity (Wildman–Crippen MR) is 120 cm³/mol. The van der Waals surface area contributed by atoms with Gasteiger partial charge in [-0.25, -0.2) is 8.42 Å². The molecule has 0 spiro atoms. The van der Waals surface area contributed by atoms with Gasteiger partial charge in [-0.2, -0.15) is 0 Å². The summed E-state index contributed by atoms with van der Waals surface area (Å²) < 4.78 is 27.5. The van der Waals surface area contributed by atoms with Crippen molar-refractivity contribution in [2.24, 2.45) is 0 Å². The molecular formula is C23H31N3O3S. The number of benzene rings is 2. The van der Waals surface area contributed by atoms with Crippen molar-refractivity contribution in [1.82, 2.24) is 10.2 Å². The summed E-state index contributed by atoms with van der Waals surface area (Å²) in [5, 5.41) is 2.92. The van der Waals surface area contributed by atoms with Crippen LogP contribution in [0.4, 0.5) is 5.69 Å². The van der Waals surface area contributed by atoms with Crippen LogP contribution >= 0.6 is 0 Å². The molecule has 162 valence electrons. The number of anilines is 1. The van der Waals surface area contributed by atoms with Crippen LogP contribution in [-0.4, -0.2) is 44.9 Å². The number of unbranched alkanes of at least 4 members (excludes halogenated alkanes) is 1. The van der Waals surface area contributed by atoms with Crippen molar-refractivity contribution in [2.75, 3.05) is 24.4 Å². The number of hydrogen-bond acceptors (Lipinski definition) is 4. The Labute approximate surface area is 179 Å². The van der Waals surface area contributed by atoms with E-state index in [1.54, 1.807) is 36.4 Å². The third kappa shape index (κ3) is 6.31. The van der Waals surface area contributed by atoms with Crippen molar-refractivity contribution >= 4 is 21.6 Å². The number of nitrogens with one attached hydrogen (secondary N) is 2. The highest BCUT2D eigenvalue weighted by Crippen LogP contribution is 2.17. The lowest BCUT2D eigenvalue weighted by Crippen LogP contribution is -2.38. The number of piperidine rings is 1. The number of carbonyl (C=O) groups is 1. The molecule has 1 fully saturated rings. The zero-order chi connectivity index (χ0) is 21.4. The Hall–Kier alpha value is -2.38. The molecule has 1 saturated heterocycles. The van der Waals surface area contributed by atoms with Crippen LogP contribution in [-0.2, 0) is 10.0 Å². The third-order valence-corrected chi connectivity index (χ3v) is 6.95. The number of sulfonamides is 1. The molecule has 3 rings (SSSR count). The van der Waals surface area contributed by atoms with E-state index in [2.05, 4.69) is 21.9 Å². The standard InChI is InChI=1S/C23H31N3O3S/c1-19-9-5-7-17-26(19)18-8-6-16-24-23(27)20-12-14-22(15-13-20)30(28,29)25-21-10-3-2-4-11-21/h2-4,10-15,19,25H,5-9,16-18H2,1H3,(H,24,27). The minimum Gasteiger partial charge on any atom is -0.352 e. The van der Waals surface area contributed by atoms with Crippen molar-refractivity contribution < 1.29 is 13.2 Å². The van der Waals surface area contributed by atoms with Crippen molar-refractivity contribution in [2.45, 2.75) is 50.0 Å². The fourth-order valence-electron chi connectivity index (χ4n) is 3.74. The van der Waals surface area contributed by atoms with Crippen LogP contribution in [0, 0.1) is 0 Å². The van der Waals surface area contributed by atoms with Crippen LogP contribution < -0.4 is 10.0 Å². The van der Waals surface area contributed by atoms with Gasteiger partial charge < -0.3 is 10.2 Å². The minimum atomic E-state index is -3.68. The highest BCUT2D eigenvalue weighted by Gasteiger charge is 2.17. The molecule has 30 heavy (non-hydrogen) atoms. The van der Waals surface area contributed by atoms with E-state index in [0.29, 0.717) is 23.8 Å². The SMILES string of the molecule is CC1CCCCN1CCCCNC(=O)c1ccc(S(=O)(=O)Nc2ccccc2)cc1. The average molecular weight is 430 g/mol. The van der Waals surface area contributed by atoms with Gasteiger partial charge >= 0.3 is 0 Å². The zero-order valence-corrected chi connectivity index (χ0v) is 18.3. The highest BCUT2D eigenvalue weighted by molar-refractivity contribution is 7.92. The van der Waals surface area contributed by atoms with E-state index in [1.165, 1.54) is 37.9 Å². The molecule has 0 bridgehead atoms. The lowest BCUT2D eigenvalue weighted by Gasteiger charge is -2.33. The molecule has 1 unspecified atom stereocenters. The summed E-state index contributed by atoms with van der Waals surface area (Å²) in [5.41, 5.74) is 0.955. The molecule has 1 aliphatic heterocycles. The Kier molecular flexibility index (Phi) is 7.87. The number of hydrogen-bond donors (Lipinski definition) is 2. The monoisotopic (exact) mass is 429 g/mol. The number of rotatable bonds is 9. The predicted octanol–water partition coefficient (Wildman–Crippen LogP) is 3.87. The largest absolute Gasteiger partial charge is 0.352 e. The molecule has 7 heteroatoms. The van der Waals surface area contributed by atoms with Gasteiger partial charge in [-0.3, -0.25) is 9.52 Å². The first kappa shape index (κ1) is 22.3. The Balaban J connectivity index is 1.44. The molecule has 1 aliphatic rings. The van der Waals surface area contributed by atoms with Gasteiger partial charge in [0.2, 0.25) is 0 Å². The summed E-state index contributed by atoms with van der Waals surface area (Å²) in [6, 6.07) is 15.4. The number of amides is 1. The normalized spacial score (nSPS) is 17.4. The summed E-state index contributed by atoms with van der Waals surface area (Å²) in [6.45, 7) is 5.18. The lowest BCUT2D eigenvalue weighted by atomic mass is 10.0. The first-order valence-electron chi connectivity index (χ1n) is 10.7. The van der Waals surface area contributed by atoms with Gasteiger partial charge in [0.05, 0.1) is 4.90 Å². The van der Waals surface area contributed by atoms with E-state index in [-0.39, 0.29) is 10.8 Å². The fourth-order valence-corrected chi connectivity index (χ4v) is 4.80. The summed E-state index contributed by atoms with van der Waals surface area (Å²) in [7, 11) is -3.68. The Morgan fingerprint density at radius 3 is 2.47 bits per heavy atom. The molecular weight excluding hydrogens is 398 g/mol. The molecule has 2 N–H and O–H groups in total. The van der Waals surface area contributed by atoms with Crippen LogP contribution in [0.2, 0.25) is 0 Å². The van der Waals surface area contributed by atoms with Crippen molar-refractivity contribution in [1.29, 1.82) is 0 Å². The second-order valence-electron chi connectivity index (χ2n) is 7.84. The first-order chi connectivity index (χ1) is 14.5. The second kappa shape index (κ2) is 10.6. The summed E-state index contributed by atoms with van der Waals surface area (Å²) in [6.07, 6.45) is 5.89. The molecule has 2 aromatic rings. The third-order valence-electron chi connectivity index (χ3n) is 5.55. The molecule has 0 aliphatic carbocycles. The first-order valence-corrected chi connectivity index (χ1v) is 12.1. The van der Waals surface area contributed by atoms with Crippen LogP contribution in [0.1, 0.15) is 49.4 Å². The average Bonchev–Trinajstić information content (AvgIpc) is 2.75. The lowest BCUT2D eigenvalue weighted by molar-refractivity contribution is 0.0951. The Morgan fingerprint density at radius 2 is 1.77 bits per heavy atom. The van der Waals surface area contributed by atoms with Gasteiger partial charge in [-0.05, 0) is 82.1 Å². The van der Waals surface area contributed by atoms with Crippen LogP contribution in [0.15, 0.2) is 59.5 Å². The van der Waals surface area contributed by atoms with Gasteiger partial charge in [-0.15, -0.1) is 0 Å². The maximum absolute atomic E-state index is 12.5. The number of nitrogens with zero attached hydrogens (tertiary/aromatic N) is 1. The van der Waals surface area contributed by atoms with Crippen LogP contribution in [0.3, 0.4) is 0 Å². The van der Waals surface area contributed by atoms with Gasteiger partial charge in [0.25, 0.3) is 15.9 Å². The second-order valence-corrected chi connectivity index (χ2v) is 9.52. The maximum Gasteiger partial charge on any atom is 0.261 e. The zero-order valence-electron chi connectivity index (χ0n) is 17.5. The molecule has 1 heterocycles. The van der Waals surface area contributed by atoms with Crippen molar-refractivity contribution in [3.63, 3.8) is 0 Å². The molecule has 1 amide bonds. The van der Waals surface area contributed by atoms with Crippen molar-refractivity contribution in [3.05, 3.63) is 60.2 Å². The maximum atomic E-state index is 12.5. The minimum absolute atomic E-state index is 0.124. The van der Waals surface area contributed by atoms with Crippen LogP contribution in [0.25, 0.3) is 0 Å². The van der Waals surface area contributed by atoms with Gasteiger partial charge in [0.1, 0.15) is 0 Å². The quantitative estimate of drug-likeness (QED) is 0.593. The van der Waals surface area contributed by atoms with Gasteiger partial charge in [0, 0.05) is 23.8 Å². The van der Waals surface area contributed by atoms with E-state index in [9.17, 15) is 13.2 Å². The van der Waals surface area contributed by atoms with E-state index in [4.69, 9.17) is 0 Å². The van der Waals surface area contributed by atoms with Gasteiger partial charge in [-0.1, -0.05) is 24.6 Å². The number of likely N-dealkylation sites (tertiary alicyclic amines) is 1. The molecule has 1 atom stereocenters. The van der Waals surface area contributed by atoms with E-state index < -0.39 is 10.0 Å². The van der Waals surface area contributed by atoms with E-state index in [0.717, 1.165) is 19.4 Å². The van der Waals surface area contributed by atoms with E-state index >= 15 is 0 Å². The van der Waals surface area contributed by atoms with Crippen molar-refractivity contribution in [3.8, 4) is 0 Å². The molecule has 6 nitrogen and oxygen atoms in total. The molecule has 2 aromatic carbocycles. The summed E-state index contributed by atoms with van der Waals surface area (Å²) in [4.78, 5) is 15.0. The highest BCUT2D eigenvalue weighted by atomic mass is 32.2. The smallest absolute Gasteiger partial charge is 0.261 e. The molecule has 0 aromatic heterocycles. The fraction of sp³-hybridized carbons (Fsp3) is 0.435. The van der Waals surface area contributed by atoms with Gasteiger partial charge in [0.15, 0.2) is 0 Å². The molecule has 0 saturated carbocycles. The summed E-state index contributed by atoms with van der Waals surface area (Å²) in [5.74, 6) is -0.179. The van der Waals surface area contributed by atoms with Crippen LogP contribution in [0.5, 0.6) is 0 Å². The summed E-state index contributed by atoms with van der Waals surface area (Å²) >= 11 is 0. The van der Waals surface area contributed by atoms with E-state index in [1.807, 2.05) is 6.07 Å². The topological polar surface area (TPSA) is 78.5 Å².